The lowest BCUT2D eigenvalue weighted by atomic mass is 10.2. The van der Waals surface area contributed by atoms with Gasteiger partial charge in [-0.1, -0.05) is 24.3 Å². The van der Waals surface area contributed by atoms with Crippen LogP contribution in [0.1, 0.15) is 10.4 Å². The van der Waals surface area contributed by atoms with Crippen LogP contribution in [-0.4, -0.2) is 33.1 Å². The van der Waals surface area contributed by atoms with E-state index in [1.165, 1.54) is 43.1 Å². The van der Waals surface area contributed by atoms with E-state index in [2.05, 4.69) is 10.0 Å². The molecule has 10 heteroatoms. The number of nitrogens with two attached hydrogens (primary N) is 1. The molecule has 32 heavy (non-hydrogen) atoms. The second-order valence-electron chi connectivity index (χ2n) is 6.54. The first-order chi connectivity index (χ1) is 15.3. The van der Waals surface area contributed by atoms with Crippen LogP contribution < -0.4 is 20.5 Å². The lowest BCUT2D eigenvalue weighted by Crippen LogP contribution is -2.16. The number of sulfonamides is 1. The normalized spacial score (nSPS) is 10.9. The number of rotatable bonds is 9. The fourth-order valence-electron chi connectivity index (χ4n) is 2.76. The van der Waals surface area contributed by atoms with Gasteiger partial charge >= 0.3 is 0 Å². The van der Waals surface area contributed by atoms with E-state index in [-0.39, 0.29) is 16.2 Å². The number of hydrogen-bond acceptors (Lipinski definition) is 6. The number of primary amides is 1. The summed E-state index contributed by atoms with van der Waals surface area (Å²) in [4.78, 5) is 24.4. The Balaban J connectivity index is 1.74. The molecule has 4 N–H and O–H groups in total. The fourth-order valence-corrected chi connectivity index (χ4v) is 4.57. The molecule has 0 atom stereocenters. The van der Waals surface area contributed by atoms with Crippen molar-refractivity contribution >= 4 is 45.0 Å². The summed E-state index contributed by atoms with van der Waals surface area (Å²) in [5.41, 5.74) is 6.30. The predicted octanol–water partition coefficient (Wildman–Crippen LogP) is 3.33. The quantitative estimate of drug-likeness (QED) is 0.411. The number of thioether (sulfide) groups is 1. The lowest BCUT2D eigenvalue weighted by Gasteiger charge is -2.12. The van der Waals surface area contributed by atoms with Crippen molar-refractivity contribution in [1.29, 1.82) is 0 Å². The zero-order chi connectivity index (χ0) is 23.1. The maximum Gasteiger partial charge on any atom is 0.262 e. The van der Waals surface area contributed by atoms with Crippen LogP contribution in [0.2, 0.25) is 0 Å². The Morgan fingerprint density at radius 1 is 0.938 bits per heavy atom. The van der Waals surface area contributed by atoms with Crippen LogP contribution >= 0.6 is 11.8 Å². The number of ether oxygens (including phenoxy) is 1. The van der Waals surface area contributed by atoms with Crippen LogP contribution in [0.4, 0.5) is 11.4 Å². The Labute approximate surface area is 190 Å². The van der Waals surface area contributed by atoms with Gasteiger partial charge in [0.15, 0.2) is 0 Å². The van der Waals surface area contributed by atoms with Crippen molar-refractivity contribution in [2.75, 3.05) is 22.9 Å². The number of benzene rings is 3. The highest BCUT2D eigenvalue weighted by molar-refractivity contribution is 8.00. The molecule has 0 aromatic heterocycles. The fraction of sp³-hybridized carbons (Fsp3) is 0.0909. The van der Waals surface area contributed by atoms with Crippen LogP contribution in [0.25, 0.3) is 0 Å². The average molecular weight is 472 g/mol. The van der Waals surface area contributed by atoms with Crippen molar-refractivity contribution in [1.82, 2.24) is 0 Å². The minimum Gasteiger partial charge on any atom is -0.495 e. The minimum atomic E-state index is -3.88. The van der Waals surface area contributed by atoms with Gasteiger partial charge in [-0.15, -0.1) is 11.8 Å². The third kappa shape index (κ3) is 5.80. The smallest absolute Gasteiger partial charge is 0.262 e. The van der Waals surface area contributed by atoms with Crippen LogP contribution in [0.15, 0.2) is 82.6 Å². The number of carbonyl (C=O) groups excluding carboxylic acids is 2. The maximum absolute atomic E-state index is 12.7. The highest BCUT2D eigenvalue weighted by atomic mass is 32.2. The molecule has 0 aliphatic heterocycles. The molecule has 0 fully saturated rings. The molecule has 166 valence electrons. The average Bonchev–Trinajstić information content (AvgIpc) is 2.78. The summed E-state index contributed by atoms with van der Waals surface area (Å²) < 4.78 is 33.1. The molecule has 0 aliphatic rings. The van der Waals surface area contributed by atoms with Gasteiger partial charge in [-0.25, -0.2) is 8.42 Å². The first kappa shape index (κ1) is 23.2. The van der Waals surface area contributed by atoms with E-state index >= 15 is 0 Å². The Morgan fingerprint density at radius 3 is 2.22 bits per heavy atom. The standard InChI is InChI=1S/C22H21N3O5S2/c1-30-19-8-4-2-6-17(19)25-32(28,29)16-12-10-15(11-13-16)22(27)24-18-7-3-5-9-20(18)31-14-21(23)26/h2-13,25H,14H2,1H3,(H2,23,26)(H,24,27). The van der Waals surface area contributed by atoms with Crippen molar-refractivity contribution in [3.8, 4) is 5.75 Å². The molecule has 0 bridgehead atoms. The third-order valence-electron chi connectivity index (χ3n) is 4.28. The molecule has 0 unspecified atom stereocenters. The molecule has 3 aromatic carbocycles. The summed E-state index contributed by atoms with van der Waals surface area (Å²) in [5, 5.41) is 2.77. The zero-order valence-corrected chi connectivity index (χ0v) is 18.7. The maximum atomic E-state index is 12.7. The molecular weight excluding hydrogens is 450 g/mol. The minimum absolute atomic E-state index is 0.00244. The van der Waals surface area contributed by atoms with Crippen molar-refractivity contribution < 1.29 is 22.7 Å². The number of carbonyl (C=O) groups is 2. The van der Waals surface area contributed by atoms with Gasteiger partial charge in [-0.2, -0.15) is 0 Å². The predicted molar refractivity (Wildman–Crippen MR) is 125 cm³/mol. The Bertz CT molecular complexity index is 1230. The van der Waals surface area contributed by atoms with Crippen LogP contribution in [0, 0.1) is 0 Å². The lowest BCUT2D eigenvalue weighted by molar-refractivity contribution is -0.115. The largest absolute Gasteiger partial charge is 0.495 e. The Kier molecular flexibility index (Phi) is 7.39. The Morgan fingerprint density at radius 2 is 1.56 bits per heavy atom. The van der Waals surface area contributed by atoms with Crippen LogP contribution in [0.5, 0.6) is 5.75 Å². The molecule has 2 amide bonds. The van der Waals surface area contributed by atoms with Crippen molar-refractivity contribution in [3.63, 3.8) is 0 Å². The van der Waals surface area contributed by atoms with Crippen molar-refractivity contribution in [2.45, 2.75) is 9.79 Å². The van der Waals surface area contributed by atoms with Crippen LogP contribution in [-0.2, 0) is 14.8 Å². The van der Waals surface area contributed by atoms with Gasteiger partial charge in [-0.05, 0) is 48.5 Å². The van der Waals surface area contributed by atoms with E-state index in [4.69, 9.17) is 10.5 Å². The molecule has 0 aliphatic carbocycles. The first-order valence-electron chi connectivity index (χ1n) is 9.37. The SMILES string of the molecule is COc1ccccc1NS(=O)(=O)c1ccc(C(=O)Nc2ccccc2SCC(N)=O)cc1. The summed E-state index contributed by atoms with van der Waals surface area (Å²) in [6, 6.07) is 19.2. The van der Waals surface area contributed by atoms with E-state index in [1.54, 1.807) is 48.5 Å². The van der Waals surface area contributed by atoms with E-state index in [0.29, 0.717) is 22.0 Å². The highest BCUT2D eigenvalue weighted by Crippen LogP contribution is 2.28. The molecular formula is C22H21N3O5S2. The van der Waals surface area contributed by atoms with Crippen LogP contribution in [0.3, 0.4) is 0 Å². The molecule has 8 nitrogen and oxygen atoms in total. The van der Waals surface area contributed by atoms with Gasteiger partial charge in [-0.3, -0.25) is 14.3 Å². The topological polar surface area (TPSA) is 128 Å². The second kappa shape index (κ2) is 10.2. The molecule has 0 radical (unpaired) electrons. The van der Waals surface area contributed by atoms with E-state index in [9.17, 15) is 18.0 Å². The zero-order valence-electron chi connectivity index (χ0n) is 17.1. The van der Waals surface area contributed by atoms with Gasteiger partial charge in [0.1, 0.15) is 5.75 Å². The summed E-state index contributed by atoms with van der Waals surface area (Å²) in [5.74, 6) is -0.410. The molecule has 0 spiro atoms. The van der Waals surface area contributed by atoms with Crippen molar-refractivity contribution in [3.05, 3.63) is 78.4 Å². The van der Waals surface area contributed by atoms with E-state index < -0.39 is 21.8 Å². The number of anilines is 2. The molecule has 0 heterocycles. The van der Waals surface area contributed by atoms with Gasteiger partial charge < -0.3 is 15.8 Å². The van der Waals surface area contributed by atoms with Gasteiger partial charge in [0.05, 0.1) is 29.1 Å². The number of nitrogens with one attached hydrogen (secondary N) is 2. The summed E-state index contributed by atoms with van der Waals surface area (Å²) >= 11 is 1.21. The highest BCUT2D eigenvalue weighted by Gasteiger charge is 2.17. The molecule has 3 aromatic rings. The van der Waals surface area contributed by atoms with Crippen molar-refractivity contribution in [2.24, 2.45) is 5.73 Å². The monoisotopic (exact) mass is 471 g/mol. The first-order valence-corrected chi connectivity index (χ1v) is 11.8. The third-order valence-corrected chi connectivity index (χ3v) is 6.76. The molecule has 0 saturated heterocycles. The van der Waals surface area contributed by atoms with E-state index in [0.717, 1.165) is 0 Å². The van der Waals surface area contributed by atoms with Gasteiger partial charge in [0.25, 0.3) is 15.9 Å². The molecule has 0 saturated carbocycles. The Hall–Kier alpha value is -3.50. The number of para-hydroxylation sites is 3. The summed E-state index contributed by atoms with van der Waals surface area (Å²) in [6.45, 7) is 0. The van der Waals surface area contributed by atoms with E-state index in [1.807, 2.05) is 0 Å². The summed E-state index contributed by atoms with van der Waals surface area (Å²) in [6.07, 6.45) is 0. The molecule has 3 rings (SSSR count). The van der Waals surface area contributed by atoms with Gasteiger partial charge in [0, 0.05) is 10.5 Å². The summed E-state index contributed by atoms with van der Waals surface area (Å²) in [7, 11) is -2.43. The van der Waals surface area contributed by atoms with Gasteiger partial charge in [0.2, 0.25) is 5.91 Å². The second-order valence-corrected chi connectivity index (χ2v) is 9.24. The number of methoxy groups -OCH3 is 1. The number of amides is 2. The number of hydrogen-bond donors (Lipinski definition) is 3.